The van der Waals surface area contributed by atoms with Crippen molar-refractivity contribution in [2.75, 3.05) is 13.2 Å². The molecular weight excluding hydrogens is 664 g/mol. The first-order valence-electron chi connectivity index (χ1n) is 19.2. The average molecular weight is 723 g/mol. The zero-order valence-corrected chi connectivity index (χ0v) is 30.7. The first-order valence-corrected chi connectivity index (χ1v) is 19.2. The lowest BCUT2D eigenvalue weighted by Crippen LogP contribution is -2.64. The number of aliphatic hydroxyl groups excluding tert-OH is 5. The third kappa shape index (κ3) is 4.97. The summed E-state index contributed by atoms with van der Waals surface area (Å²) < 4.78 is 36.1. The smallest absolute Gasteiger partial charge is 0.306 e. The van der Waals surface area contributed by atoms with Gasteiger partial charge < -0.3 is 54.0 Å². The van der Waals surface area contributed by atoms with Gasteiger partial charge in [0.15, 0.2) is 12.6 Å². The zero-order valence-electron chi connectivity index (χ0n) is 30.7. The molecule has 19 atom stereocenters. The number of rotatable bonds is 5. The molecule has 5 N–H and O–H groups in total. The summed E-state index contributed by atoms with van der Waals surface area (Å²) in [6.07, 6.45) is -4.64. The van der Waals surface area contributed by atoms with Gasteiger partial charge in [-0.05, 0) is 84.4 Å². The maximum absolute atomic E-state index is 12.7. The molecule has 0 amide bonds. The molecule has 0 aromatic carbocycles. The van der Waals surface area contributed by atoms with Crippen LogP contribution >= 0.6 is 0 Å². The van der Waals surface area contributed by atoms with Crippen molar-refractivity contribution < 1.29 is 63.5 Å². The van der Waals surface area contributed by atoms with Gasteiger partial charge in [0.05, 0.1) is 19.3 Å². The molecule has 0 radical (unpaired) electrons. The zero-order chi connectivity index (χ0) is 36.6. The quantitative estimate of drug-likeness (QED) is 0.204. The number of fused-ring (bicyclic) bond motifs is 4. The van der Waals surface area contributed by atoms with Crippen LogP contribution in [0.5, 0.6) is 0 Å². The van der Waals surface area contributed by atoms with Gasteiger partial charge in [-0.25, -0.2) is 0 Å². The van der Waals surface area contributed by atoms with Crippen molar-refractivity contribution in [3.63, 3.8) is 0 Å². The first kappa shape index (κ1) is 36.6. The summed E-state index contributed by atoms with van der Waals surface area (Å²) in [6, 6.07) is 0. The number of aliphatic hydroxyl groups is 5. The van der Waals surface area contributed by atoms with E-state index in [-0.39, 0.29) is 82.4 Å². The average Bonchev–Trinajstić information content (AvgIpc) is 3.63. The molecule has 8 rings (SSSR count). The van der Waals surface area contributed by atoms with E-state index in [1.165, 1.54) is 6.92 Å². The fraction of sp³-hybridized carbons (Fsp3) is 0.947. The second-order valence-electron chi connectivity index (χ2n) is 18.7. The van der Waals surface area contributed by atoms with Crippen molar-refractivity contribution >= 4 is 11.9 Å². The third-order valence-electron chi connectivity index (χ3n) is 16.3. The summed E-state index contributed by atoms with van der Waals surface area (Å²) in [5.74, 6) is 0.602. The Bertz CT molecular complexity index is 1410. The van der Waals surface area contributed by atoms with Crippen LogP contribution in [0.1, 0.15) is 92.9 Å². The van der Waals surface area contributed by atoms with Crippen molar-refractivity contribution in [3.8, 4) is 0 Å². The molecule has 3 heterocycles. The molecule has 0 aromatic heterocycles. The number of ether oxygens (including phenoxy) is 6. The monoisotopic (exact) mass is 722 g/mol. The van der Waals surface area contributed by atoms with Crippen molar-refractivity contribution in [2.45, 2.75) is 160 Å². The minimum Gasteiger partial charge on any atom is -0.462 e. The van der Waals surface area contributed by atoms with E-state index in [9.17, 15) is 35.1 Å². The molecule has 51 heavy (non-hydrogen) atoms. The minimum absolute atomic E-state index is 0.00382. The summed E-state index contributed by atoms with van der Waals surface area (Å²) >= 11 is 0. The second kappa shape index (κ2) is 12.0. The van der Waals surface area contributed by atoms with Crippen LogP contribution < -0.4 is 0 Å². The van der Waals surface area contributed by atoms with Gasteiger partial charge in [-0.2, -0.15) is 0 Å². The molecule has 8 aliphatic rings. The topological polar surface area (TPSA) is 191 Å². The molecular formula is C38H58O13. The molecule has 0 bridgehead atoms. The highest BCUT2D eigenvalue weighted by molar-refractivity contribution is 5.71. The maximum Gasteiger partial charge on any atom is 0.306 e. The molecule has 0 aromatic rings. The largest absolute Gasteiger partial charge is 0.462 e. The molecule has 0 unspecified atom stereocenters. The summed E-state index contributed by atoms with van der Waals surface area (Å²) in [5.41, 5.74) is -0.759. The van der Waals surface area contributed by atoms with E-state index in [1.54, 1.807) is 0 Å². The van der Waals surface area contributed by atoms with Crippen molar-refractivity contribution in [3.05, 3.63) is 0 Å². The third-order valence-corrected chi connectivity index (χ3v) is 16.3. The van der Waals surface area contributed by atoms with Gasteiger partial charge >= 0.3 is 11.9 Å². The molecule has 3 saturated heterocycles. The summed E-state index contributed by atoms with van der Waals surface area (Å²) in [6.45, 7) is 12.4. The molecule has 13 nitrogen and oxygen atoms in total. The van der Waals surface area contributed by atoms with Crippen molar-refractivity contribution in [2.24, 2.45) is 50.7 Å². The van der Waals surface area contributed by atoms with Crippen LogP contribution in [0, 0.1) is 50.7 Å². The van der Waals surface area contributed by atoms with Gasteiger partial charge in [-0.1, -0.05) is 34.6 Å². The van der Waals surface area contributed by atoms with Gasteiger partial charge in [0, 0.05) is 24.7 Å². The highest BCUT2D eigenvalue weighted by Gasteiger charge is 2.85. The number of carbonyl (C=O) groups excluding carboxylic acids is 2. The summed E-state index contributed by atoms with van der Waals surface area (Å²) in [5, 5.41) is 52.4. The van der Waals surface area contributed by atoms with E-state index in [0.29, 0.717) is 18.3 Å². The summed E-state index contributed by atoms with van der Waals surface area (Å²) in [4.78, 5) is 25.4. The Morgan fingerprint density at radius 1 is 0.804 bits per heavy atom. The van der Waals surface area contributed by atoms with Gasteiger partial charge in [0.2, 0.25) is 0 Å². The minimum atomic E-state index is -1.57. The van der Waals surface area contributed by atoms with Gasteiger partial charge in [0.1, 0.15) is 48.8 Å². The van der Waals surface area contributed by atoms with Crippen LogP contribution in [-0.4, -0.2) is 118 Å². The van der Waals surface area contributed by atoms with Crippen LogP contribution in [0.25, 0.3) is 0 Å². The first-order chi connectivity index (χ1) is 23.9. The lowest BCUT2D eigenvalue weighted by Gasteiger charge is -2.65. The second-order valence-corrected chi connectivity index (χ2v) is 18.7. The predicted octanol–water partition coefficient (Wildman–Crippen LogP) is 1.82. The molecule has 8 fully saturated rings. The standard InChI is InChI=1S/C38H58O13/c1-17-11-26(42)49-21-12-35(5)23-8-7-22-34(3,4)24(9-10-37(22)16-38(23,37)13-25(48-18(2)39)36(35,6)27(17)21)50-33-30(45)31(20(41)15-47-33)51-32-29(44)28(43)19(40)14-46-32/h17,19-25,27-33,40-41,43-45H,7-16H2,1-6H3/t17-,19-,20-,21+,22+,23+,24+,25-,27+,28+,29-,30-,31+,32+,33+,35+,36-,37-,38+/m1/s1. The normalized spacial score (nSPS) is 57.1. The highest BCUT2D eigenvalue weighted by atomic mass is 16.7. The Morgan fingerprint density at radius 3 is 2.18 bits per heavy atom. The Balaban J connectivity index is 1.02. The predicted molar refractivity (Wildman–Crippen MR) is 176 cm³/mol. The molecule has 3 aliphatic heterocycles. The molecule has 2 spiro atoms. The van der Waals surface area contributed by atoms with Crippen LogP contribution in [0.15, 0.2) is 0 Å². The number of hydrogen-bond donors (Lipinski definition) is 5. The summed E-state index contributed by atoms with van der Waals surface area (Å²) in [7, 11) is 0. The van der Waals surface area contributed by atoms with Gasteiger partial charge in [-0.3, -0.25) is 9.59 Å². The number of esters is 2. The van der Waals surface area contributed by atoms with Crippen LogP contribution in [0.3, 0.4) is 0 Å². The van der Waals surface area contributed by atoms with E-state index < -0.39 is 49.2 Å². The van der Waals surface area contributed by atoms with E-state index in [0.717, 1.165) is 44.9 Å². The lowest BCUT2D eigenvalue weighted by atomic mass is 9.41. The van der Waals surface area contributed by atoms with E-state index in [1.807, 2.05) is 0 Å². The SMILES string of the molecule is CC(=O)O[C@@H]1C[C@@]23C[C@@]24CC[C@H](O[C@@H]2OC[C@@H](O)[C@H](O[C@@H]5OC[C@@H](O)[C@H](O)[C@H]5O)[C@H]2O)C(C)(C)[C@@H]4CC[C@H]3[C@]2(C)C[C@@H]3OC(=O)C[C@@H](C)[C@@H]3[C@@]12C. The molecule has 5 saturated carbocycles. The molecule has 13 heteroatoms. The van der Waals surface area contributed by atoms with Crippen LogP contribution in [0.2, 0.25) is 0 Å². The van der Waals surface area contributed by atoms with E-state index in [2.05, 4.69) is 34.6 Å². The van der Waals surface area contributed by atoms with E-state index >= 15 is 0 Å². The Morgan fingerprint density at radius 2 is 1.47 bits per heavy atom. The Hall–Kier alpha value is -1.42. The lowest BCUT2D eigenvalue weighted by molar-refractivity contribution is -0.345. The van der Waals surface area contributed by atoms with Gasteiger partial charge in [0.25, 0.3) is 0 Å². The Kier molecular flexibility index (Phi) is 8.63. The van der Waals surface area contributed by atoms with Crippen LogP contribution in [-0.2, 0) is 38.0 Å². The Labute approximate surface area is 299 Å². The van der Waals surface area contributed by atoms with Crippen molar-refractivity contribution in [1.82, 2.24) is 0 Å². The van der Waals surface area contributed by atoms with E-state index in [4.69, 9.17) is 28.4 Å². The van der Waals surface area contributed by atoms with Gasteiger partial charge in [-0.15, -0.1) is 0 Å². The fourth-order valence-corrected chi connectivity index (χ4v) is 14.0. The number of hydrogen-bond acceptors (Lipinski definition) is 13. The maximum atomic E-state index is 12.7. The van der Waals surface area contributed by atoms with Crippen molar-refractivity contribution in [1.29, 1.82) is 0 Å². The van der Waals surface area contributed by atoms with Crippen LogP contribution in [0.4, 0.5) is 0 Å². The highest BCUT2D eigenvalue weighted by Crippen LogP contribution is 2.89. The molecule has 5 aliphatic carbocycles. The fourth-order valence-electron chi connectivity index (χ4n) is 14.0. The number of carbonyl (C=O) groups is 2. The molecule has 288 valence electrons.